The molecule has 25 heavy (non-hydrogen) atoms. The van der Waals surface area contributed by atoms with E-state index in [1.165, 1.54) is 6.92 Å². The lowest BCUT2D eigenvalue weighted by Crippen LogP contribution is -2.51. The number of hydrogen-bond acceptors (Lipinski definition) is 3. The highest BCUT2D eigenvalue weighted by atomic mass is 16.3. The standard InChI is InChI=1S/C19H25N3O3/c1-13(23)22-17(18(24)21-12-19(25)8-4-5-9-19)10-14-11-20-16-7-3-2-6-15(14)16/h2-3,6-7,11,17,20,25H,4-5,8-10,12H2,1H3,(H,21,24)(H,22,23). The zero-order valence-corrected chi connectivity index (χ0v) is 14.5. The maximum atomic E-state index is 12.6. The van der Waals surface area contributed by atoms with Crippen LogP contribution in [0.3, 0.4) is 0 Å². The Bertz CT molecular complexity index is 762. The summed E-state index contributed by atoms with van der Waals surface area (Å²) in [5.41, 5.74) is 1.17. The molecule has 1 aliphatic rings. The van der Waals surface area contributed by atoms with E-state index in [4.69, 9.17) is 0 Å². The van der Waals surface area contributed by atoms with Crippen LogP contribution < -0.4 is 10.6 Å². The van der Waals surface area contributed by atoms with Crippen LogP contribution in [0, 0.1) is 0 Å². The van der Waals surface area contributed by atoms with Gasteiger partial charge in [0.25, 0.3) is 0 Å². The lowest BCUT2D eigenvalue weighted by atomic mass is 10.0. The Balaban J connectivity index is 1.70. The molecule has 6 nitrogen and oxygen atoms in total. The van der Waals surface area contributed by atoms with Gasteiger partial charge in [-0.3, -0.25) is 9.59 Å². The van der Waals surface area contributed by atoms with Crippen molar-refractivity contribution in [3.8, 4) is 0 Å². The molecule has 1 atom stereocenters. The third-order valence-electron chi connectivity index (χ3n) is 4.92. The van der Waals surface area contributed by atoms with Gasteiger partial charge in [-0.25, -0.2) is 0 Å². The predicted molar refractivity (Wildman–Crippen MR) is 96.0 cm³/mol. The minimum absolute atomic E-state index is 0.232. The number of aromatic amines is 1. The van der Waals surface area contributed by atoms with Crippen molar-refractivity contribution in [1.29, 1.82) is 0 Å². The van der Waals surface area contributed by atoms with E-state index in [-0.39, 0.29) is 18.4 Å². The normalized spacial score (nSPS) is 17.4. The minimum atomic E-state index is -0.808. The van der Waals surface area contributed by atoms with Crippen LogP contribution in [0.25, 0.3) is 10.9 Å². The second-order valence-corrected chi connectivity index (χ2v) is 6.97. The fraction of sp³-hybridized carbons (Fsp3) is 0.474. The summed E-state index contributed by atoms with van der Waals surface area (Å²) < 4.78 is 0. The zero-order chi connectivity index (χ0) is 17.9. The van der Waals surface area contributed by atoms with E-state index in [2.05, 4.69) is 15.6 Å². The molecule has 0 aliphatic heterocycles. The first-order chi connectivity index (χ1) is 12.0. The van der Waals surface area contributed by atoms with Crippen LogP contribution >= 0.6 is 0 Å². The summed E-state index contributed by atoms with van der Waals surface area (Å²) >= 11 is 0. The van der Waals surface area contributed by atoms with Crippen LogP contribution in [0.5, 0.6) is 0 Å². The van der Waals surface area contributed by atoms with Gasteiger partial charge in [0.15, 0.2) is 0 Å². The number of carbonyl (C=O) groups is 2. The van der Waals surface area contributed by atoms with Gasteiger partial charge in [-0.1, -0.05) is 31.0 Å². The first-order valence-electron chi connectivity index (χ1n) is 8.79. The molecule has 2 aromatic rings. The molecule has 0 spiro atoms. The van der Waals surface area contributed by atoms with Crippen molar-refractivity contribution in [3.05, 3.63) is 36.0 Å². The maximum absolute atomic E-state index is 12.6. The molecular formula is C19H25N3O3. The number of aliphatic hydroxyl groups is 1. The van der Waals surface area contributed by atoms with Gasteiger partial charge in [0.1, 0.15) is 6.04 Å². The molecule has 0 bridgehead atoms. The van der Waals surface area contributed by atoms with Gasteiger partial charge in [0.2, 0.25) is 11.8 Å². The number of benzene rings is 1. The number of hydrogen-bond donors (Lipinski definition) is 4. The van der Waals surface area contributed by atoms with Crippen LogP contribution in [0.4, 0.5) is 0 Å². The van der Waals surface area contributed by atoms with Gasteiger partial charge in [0, 0.05) is 37.0 Å². The summed E-state index contributed by atoms with van der Waals surface area (Å²) in [6.45, 7) is 1.63. The van der Waals surface area contributed by atoms with Crippen molar-refractivity contribution in [2.45, 2.75) is 50.7 Å². The highest BCUT2D eigenvalue weighted by molar-refractivity contribution is 5.89. The topological polar surface area (TPSA) is 94.2 Å². The van der Waals surface area contributed by atoms with Crippen molar-refractivity contribution in [3.63, 3.8) is 0 Å². The third kappa shape index (κ3) is 4.20. The molecule has 6 heteroatoms. The van der Waals surface area contributed by atoms with Crippen molar-refractivity contribution >= 4 is 22.7 Å². The molecule has 1 aromatic carbocycles. The highest BCUT2D eigenvalue weighted by Gasteiger charge is 2.32. The number of fused-ring (bicyclic) bond motifs is 1. The van der Waals surface area contributed by atoms with E-state index >= 15 is 0 Å². The summed E-state index contributed by atoms with van der Waals surface area (Å²) in [5.74, 6) is -0.514. The number of para-hydroxylation sites is 1. The monoisotopic (exact) mass is 343 g/mol. The Labute approximate surface area is 147 Å². The van der Waals surface area contributed by atoms with E-state index < -0.39 is 11.6 Å². The fourth-order valence-electron chi connectivity index (χ4n) is 3.56. The predicted octanol–water partition coefficient (Wildman–Crippen LogP) is 1.64. The second-order valence-electron chi connectivity index (χ2n) is 6.97. The fourth-order valence-corrected chi connectivity index (χ4v) is 3.56. The van der Waals surface area contributed by atoms with E-state index in [1.54, 1.807) is 0 Å². The largest absolute Gasteiger partial charge is 0.388 e. The first kappa shape index (κ1) is 17.5. The average molecular weight is 343 g/mol. The van der Waals surface area contributed by atoms with Crippen LogP contribution in [-0.2, 0) is 16.0 Å². The third-order valence-corrected chi connectivity index (χ3v) is 4.92. The molecule has 134 valence electrons. The molecule has 1 heterocycles. The summed E-state index contributed by atoms with van der Waals surface area (Å²) in [4.78, 5) is 27.3. The summed E-state index contributed by atoms with van der Waals surface area (Å²) in [6, 6.07) is 7.19. The lowest BCUT2D eigenvalue weighted by Gasteiger charge is -2.24. The Hall–Kier alpha value is -2.34. The zero-order valence-electron chi connectivity index (χ0n) is 14.5. The smallest absolute Gasteiger partial charge is 0.243 e. The van der Waals surface area contributed by atoms with Gasteiger partial charge in [-0.05, 0) is 24.5 Å². The molecule has 0 radical (unpaired) electrons. The Morgan fingerprint density at radius 1 is 1.28 bits per heavy atom. The highest BCUT2D eigenvalue weighted by Crippen LogP contribution is 2.28. The van der Waals surface area contributed by atoms with E-state index in [0.717, 1.165) is 29.3 Å². The van der Waals surface area contributed by atoms with Crippen molar-refractivity contribution in [2.75, 3.05) is 6.54 Å². The number of aromatic nitrogens is 1. The Morgan fingerprint density at radius 3 is 2.72 bits per heavy atom. The van der Waals surface area contributed by atoms with Gasteiger partial charge in [0.05, 0.1) is 5.60 Å². The number of carbonyl (C=O) groups excluding carboxylic acids is 2. The molecule has 1 aromatic heterocycles. The van der Waals surface area contributed by atoms with Crippen molar-refractivity contribution in [2.24, 2.45) is 0 Å². The second kappa shape index (κ2) is 7.27. The quantitative estimate of drug-likeness (QED) is 0.642. The van der Waals surface area contributed by atoms with Crippen LogP contribution in [0.15, 0.2) is 30.5 Å². The van der Waals surface area contributed by atoms with Gasteiger partial charge < -0.3 is 20.7 Å². The number of rotatable bonds is 6. The van der Waals surface area contributed by atoms with Crippen LogP contribution in [0.2, 0.25) is 0 Å². The molecule has 1 aliphatic carbocycles. The Kier molecular flexibility index (Phi) is 5.08. The minimum Gasteiger partial charge on any atom is -0.388 e. The molecule has 1 unspecified atom stereocenters. The molecule has 1 fully saturated rings. The van der Waals surface area contributed by atoms with E-state index in [1.807, 2.05) is 30.5 Å². The summed E-state index contributed by atoms with van der Waals surface area (Å²) in [6.07, 6.45) is 5.65. The SMILES string of the molecule is CC(=O)NC(Cc1c[nH]c2ccccc12)C(=O)NCC1(O)CCCC1. The molecule has 0 saturated heterocycles. The first-order valence-corrected chi connectivity index (χ1v) is 8.79. The van der Waals surface area contributed by atoms with Crippen molar-refractivity contribution < 1.29 is 14.7 Å². The summed E-state index contributed by atoms with van der Waals surface area (Å²) in [7, 11) is 0. The molecule has 4 N–H and O–H groups in total. The van der Waals surface area contributed by atoms with E-state index in [9.17, 15) is 14.7 Å². The number of amides is 2. The van der Waals surface area contributed by atoms with E-state index in [0.29, 0.717) is 19.3 Å². The lowest BCUT2D eigenvalue weighted by molar-refractivity contribution is -0.128. The molecule has 2 amide bonds. The average Bonchev–Trinajstić information content (AvgIpc) is 3.19. The van der Waals surface area contributed by atoms with Gasteiger partial charge in [-0.15, -0.1) is 0 Å². The molecule has 1 saturated carbocycles. The van der Waals surface area contributed by atoms with Crippen LogP contribution in [0.1, 0.15) is 38.2 Å². The van der Waals surface area contributed by atoms with Gasteiger partial charge in [-0.2, -0.15) is 0 Å². The molecular weight excluding hydrogens is 318 g/mol. The summed E-state index contributed by atoms with van der Waals surface area (Å²) in [5, 5.41) is 17.0. The number of nitrogens with one attached hydrogen (secondary N) is 3. The van der Waals surface area contributed by atoms with Crippen molar-refractivity contribution in [1.82, 2.24) is 15.6 Å². The molecule has 3 rings (SSSR count). The number of H-pyrrole nitrogens is 1. The Morgan fingerprint density at radius 2 is 2.00 bits per heavy atom. The van der Waals surface area contributed by atoms with Gasteiger partial charge >= 0.3 is 0 Å². The van der Waals surface area contributed by atoms with Crippen LogP contribution in [-0.4, -0.2) is 40.1 Å². The maximum Gasteiger partial charge on any atom is 0.243 e.